The molecular formula is C21H17F2N3O4. The number of amides is 1. The van der Waals surface area contributed by atoms with E-state index in [-0.39, 0.29) is 30.1 Å². The maximum atomic E-state index is 13.6. The van der Waals surface area contributed by atoms with Crippen molar-refractivity contribution >= 4 is 23.3 Å². The number of nitrogens with zero attached hydrogens (tertiary/aromatic N) is 2. The fourth-order valence-corrected chi connectivity index (χ4v) is 2.60. The van der Waals surface area contributed by atoms with Gasteiger partial charge < -0.3 is 10.1 Å². The van der Waals surface area contributed by atoms with Crippen molar-refractivity contribution in [3.8, 4) is 5.75 Å². The molecule has 0 saturated heterocycles. The van der Waals surface area contributed by atoms with Crippen molar-refractivity contribution in [2.24, 2.45) is 7.05 Å². The summed E-state index contributed by atoms with van der Waals surface area (Å²) in [7, 11) is 1.70. The molecule has 0 aliphatic rings. The fraction of sp³-hybridized carbons (Fsp3) is 0.143. The zero-order chi connectivity index (χ0) is 21.7. The first-order valence-corrected chi connectivity index (χ1v) is 8.91. The number of Topliss-reactive ketones (excluding diaryl/α,β-unsaturated/α-hetero) is 1. The standard InChI is InChI=1S/C21H17F2N3O4/c1-26-12-13(11-24-26)21(29)25-15-3-5-16(6-4-15)30-20(28)9-8-19(27)17-7-2-14(22)10-18(17)23/h2-7,10-12H,8-9H2,1H3,(H,25,29). The van der Waals surface area contributed by atoms with Gasteiger partial charge in [-0.25, -0.2) is 8.78 Å². The molecule has 30 heavy (non-hydrogen) atoms. The smallest absolute Gasteiger partial charge is 0.311 e. The van der Waals surface area contributed by atoms with E-state index in [9.17, 15) is 23.2 Å². The molecule has 0 saturated carbocycles. The molecule has 3 rings (SSSR count). The van der Waals surface area contributed by atoms with E-state index >= 15 is 0 Å². The minimum absolute atomic E-state index is 0.222. The van der Waals surface area contributed by atoms with Crippen LogP contribution in [0.5, 0.6) is 5.75 Å². The van der Waals surface area contributed by atoms with Gasteiger partial charge >= 0.3 is 5.97 Å². The second kappa shape index (κ2) is 9.08. The van der Waals surface area contributed by atoms with Crippen molar-refractivity contribution in [1.82, 2.24) is 9.78 Å². The summed E-state index contributed by atoms with van der Waals surface area (Å²) in [6, 6.07) is 8.70. The molecule has 0 unspecified atom stereocenters. The van der Waals surface area contributed by atoms with Gasteiger partial charge in [-0.1, -0.05) is 0 Å². The minimum atomic E-state index is -0.975. The Morgan fingerprint density at radius 3 is 2.43 bits per heavy atom. The van der Waals surface area contributed by atoms with Crippen LogP contribution in [0.15, 0.2) is 54.9 Å². The Morgan fingerprint density at radius 2 is 1.80 bits per heavy atom. The van der Waals surface area contributed by atoms with Crippen LogP contribution >= 0.6 is 0 Å². The summed E-state index contributed by atoms with van der Waals surface area (Å²) in [6.45, 7) is 0. The molecule has 3 aromatic rings. The number of esters is 1. The van der Waals surface area contributed by atoms with E-state index in [4.69, 9.17) is 4.74 Å². The highest BCUT2D eigenvalue weighted by atomic mass is 19.1. The lowest BCUT2D eigenvalue weighted by Crippen LogP contribution is -2.12. The van der Waals surface area contributed by atoms with Gasteiger partial charge in [-0.05, 0) is 36.4 Å². The molecule has 2 aromatic carbocycles. The molecule has 7 nitrogen and oxygen atoms in total. The Bertz CT molecular complexity index is 1090. The van der Waals surface area contributed by atoms with E-state index < -0.39 is 23.4 Å². The first-order valence-electron chi connectivity index (χ1n) is 8.91. The average Bonchev–Trinajstić information content (AvgIpc) is 3.14. The van der Waals surface area contributed by atoms with Crippen LogP contribution in [0.4, 0.5) is 14.5 Å². The summed E-state index contributed by atoms with van der Waals surface area (Å²) < 4.78 is 33.1. The van der Waals surface area contributed by atoms with Gasteiger partial charge in [0.05, 0.1) is 23.7 Å². The lowest BCUT2D eigenvalue weighted by molar-refractivity contribution is -0.134. The number of halogens is 2. The predicted molar refractivity (Wildman–Crippen MR) is 103 cm³/mol. The number of anilines is 1. The number of rotatable bonds is 7. The van der Waals surface area contributed by atoms with Crippen LogP contribution in [-0.2, 0) is 11.8 Å². The Kier molecular flexibility index (Phi) is 6.31. The lowest BCUT2D eigenvalue weighted by Gasteiger charge is -2.07. The second-order valence-corrected chi connectivity index (χ2v) is 6.40. The maximum Gasteiger partial charge on any atom is 0.311 e. The maximum absolute atomic E-state index is 13.6. The van der Waals surface area contributed by atoms with E-state index in [1.54, 1.807) is 25.4 Å². The third-order valence-electron chi connectivity index (χ3n) is 4.10. The Hall–Kier alpha value is -3.88. The molecule has 1 N–H and O–H groups in total. The van der Waals surface area contributed by atoms with Crippen LogP contribution in [0.1, 0.15) is 33.6 Å². The van der Waals surface area contributed by atoms with E-state index in [1.165, 1.54) is 23.0 Å². The van der Waals surface area contributed by atoms with Gasteiger partial charge in [-0.15, -0.1) is 0 Å². The van der Waals surface area contributed by atoms with Gasteiger partial charge in [0.2, 0.25) is 0 Å². The Labute approximate surface area is 170 Å². The number of aryl methyl sites for hydroxylation is 1. The van der Waals surface area contributed by atoms with Crippen molar-refractivity contribution < 1.29 is 27.9 Å². The first-order chi connectivity index (χ1) is 14.3. The third-order valence-corrected chi connectivity index (χ3v) is 4.10. The number of aromatic nitrogens is 2. The number of benzene rings is 2. The highest BCUT2D eigenvalue weighted by Gasteiger charge is 2.15. The molecule has 0 atom stereocenters. The largest absolute Gasteiger partial charge is 0.427 e. The monoisotopic (exact) mass is 413 g/mol. The van der Waals surface area contributed by atoms with Crippen LogP contribution in [0, 0.1) is 11.6 Å². The van der Waals surface area contributed by atoms with Gasteiger partial charge in [-0.2, -0.15) is 5.10 Å². The molecular weight excluding hydrogens is 396 g/mol. The summed E-state index contributed by atoms with van der Waals surface area (Å²) in [5.74, 6) is -3.18. The first kappa shape index (κ1) is 20.8. The van der Waals surface area contributed by atoms with Gasteiger partial charge in [0.15, 0.2) is 5.78 Å². The average molecular weight is 413 g/mol. The van der Waals surface area contributed by atoms with Gasteiger partial charge in [0.25, 0.3) is 5.91 Å². The number of carbonyl (C=O) groups excluding carboxylic acids is 3. The predicted octanol–water partition coefficient (Wildman–Crippen LogP) is 3.52. The van der Waals surface area contributed by atoms with Crippen LogP contribution in [0.3, 0.4) is 0 Å². The van der Waals surface area contributed by atoms with E-state index in [1.807, 2.05) is 0 Å². The SMILES string of the molecule is Cn1cc(C(=O)Nc2ccc(OC(=O)CCC(=O)c3ccc(F)cc3F)cc2)cn1. The van der Waals surface area contributed by atoms with Crippen molar-refractivity contribution in [3.63, 3.8) is 0 Å². The molecule has 1 heterocycles. The topological polar surface area (TPSA) is 90.3 Å². The van der Waals surface area contributed by atoms with Crippen molar-refractivity contribution in [1.29, 1.82) is 0 Å². The Morgan fingerprint density at radius 1 is 1.07 bits per heavy atom. The Balaban J connectivity index is 1.50. The highest BCUT2D eigenvalue weighted by Crippen LogP contribution is 2.18. The van der Waals surface area contributed by atoms with E-state index in [0.717, 1.165) is 12.1 Å². The molecule has 154 valence electrons. The quantitative estimate of drug-likeness (QED) is 0.364. The lowest BCUT2D eigenvalue weighted by atomic mass is 10.1. The number of hydrogen-bond donors (Lipinski definition) is 1. The molecule has 0 fully saturated rings. The van der Waals surface area contributed by atoms with Crippen LogP contribution in [-0.4, -0.2) is 27.4 Å². The fourth-order valence-electron chi connectivity index (χ4n) is 2.60. The number of hydrogen-bond acceptors (Lipinski definition) is 5. The van der Waals surface area contributed by atoms with Crippen molar-refractivity contribution in [2.45, 2.75) is 12.8 Å². The van der Waals surface area contributed by atoms with Crippen LogP contribution in [0.2, 0.25) is 0 Å². The molecule has 0 aliphatic carbocycles. The summed E-state index contributed by atoms with van der Waals surface area (Å²) in [5.41, 5.74) is 0.610. The molecule has 9 heteroatoms. The van der Waals surface area contributed by atoms with E-state index in [2.05, 4.69) is 10.4 Å². The van der Waals surface area contributed by atoms with Gasteiger partial charge in [-0.3, -0.25) is 19.1 Å². The minimum Gasteiger partial charge on any atom is -0.427 e. The molecule has 1 aromatic heterocycles. The molecule has 0 spiro atoms. The summed E-state index contributed by atoms with van der Waals surface area (Å²) >= 11 is 0. The molecule has 1 amide bonds. The van der Waals surface area contributed by atoms with Gasteiger partial charge in [0, 0.05) is 31.4 Å². The highest BCUT2D eigenvalue weighted by molar-refractivity contribution is 6.04. The van der Waals surface area contributed by atoms with Crippen molar-refractivity contribution in [3.05, 3.63) is 77.6 Å². The normalized spacial score (nSPS) is 10.5. The molecule has 0 bridgehead atoms. The van der Waals surface area contributed by atoms with Crippen LogP contribution in [0.25, 0.3) is 0 Å². The van der Waals surface area contributed by atoms with E-state index in [0.29, 0.717) is 17.3 Å². The number of carbonyl (C=O) groups is 3. The molecule has 0 radical (unpaired) electrons. The third kappa shape index (κ3) is 5.34. The number of ketones is 1. The van der Waals surface area contributed by atoms with Crippen LogP contribution < -0.4 is 10.1 Å². The zero-order valence-corrected chi connectivity index (χ0v) is 15.9. The number of nitrogens with one attached hydrogen (secondary N) is 1. The summed E-state index contributed by atoms with van der Waals surface area (Å²) in [4.78, 5) is 36.0. The summed E-state index contributed by atoms with van der Waals surface area (Å²) in [5, 5.41) is 6.60. The molecule has 0 aliphatic heterocycles. The number of ether oxygens (including phenoxy) is 1. The zero-order valence-electron chi connectivity index (χ0n) is 15.9. The summed E-state index contributed by atoms with van der Waals surface area (Å²) in [6.07, 6.45) is 2.46. The second-order valence-electron chi connectivity index (χ2n) is 6.40. The van der Waals surface area contributed by atoms with Gasteiger partial charge in [0.1, 0.15) is 17.4 Å². The van der Waals surface area contributed by atoms with Crippen molar-refractivity contribution in [2.75, 3.05) is 5.32 Å².